The van der Waals surface area contributed by atoms with E-state index in [1.807, 2.05) is 30.3 Å². The van der Waals surface area contributed by atoms with Crippen molar-refractivity contribution in [1.82, 2.24) is 5.43 Å². The maximum atomic E-state index is 12.1. The molecule has 0 fully saturated rings. The number of phenolic OH excluding ortho intramolecular Hbond substituents is 1. The van der Waals surface area contributed by atoms with Crippen LogP contribution in [0.25, 0.3) is 0 Å². The Balaban J connectivity index is 1.49. The molecule has 0 heterocycles. The van der Waals surface area contributed by atoms with E-state index in [1.165, 1.54) is 18.3 Å². The van der Waals surface area contributed by atoms with Crippen LogP contribution in [-0.2, 0) is 9.63 Å². The maximum absolute atomic E-state index is 12.1. The number of anilines is 1. The Hall–Kier alpha value is -4.46. The zero-order valence-corrected chi connectivity index (χ0v) is 17.4. The number of hydrogen-bond acceptors (Lipinski definition) is 6. The monoisotopic (exact) mass is 430 g/mol. The number of benzene rings is 3. The van der Waals surface area contributed by atoms with Crippen molar-refractivity contribution in [1.29, 1.82) is 0 Å². The van der Waals surface area contributed by atoms with Gasteiger partial charge in [-0.25, -0.2) is 5.43 Å². The van der Waals surface area contributed by atoms with Crippen molar-refractivity contribution in [2.45, 2.75) is 6.92 Å². The fourth-order valence-corrected chi connectivity index (χ4v) is 2.65. The smallest absolute Gasteiger partial charge is 0.275 e. The lowest BCUT2D eigenvalue weighted by atomic mass is 10.1. The van der Waals surface area contributed by atoms with Crippen LogP contribution in [0.15, 0.2) is 89.1 Å². The number of para-hydroxylation sites is 1. The van der Waals surface area contributed by atoms with Crippen LogP contribution in [-0.4, -0.2) is 35.5 Å². The molecule has 2 amide bonds. The average molecular weight is 430 g/mol. The van der Waals surface area contributed by atoms with Crippen molar-refractivity contribution in [2.75, 3.05) is 11.9 Å². The molecule has 3 aromatic carbocycles. The molecule has 0 atom stereocenters. The average Bonchev–Trinajstić information content (AvgIpc) is 2.81. The molecule has 8 heteroatoms. The minimum Gasteiger partial charge on any atom is -0.507 e. The van der Waals surface area contributed by atoms with Gasteiger partial charge in [-0.15, -0.1) is 0 Å². The third-order valence-electron chi connectivity index (χ3n) is 4.33. The van der Waals surface area contributed by atoms with Gasteiger partial charge in [-0.1, -0.05) is 59.8 Å². The van der Waals surface area contributed by atoms with E-state index < -0.39 is 5.91 Å². The van der Waals surface area contributed by atoms with E-state index in [1.54, 1.807) is 43.3 Å². The Morgan fingerprint density at radius 2 is 1.66 bits per heavy atom. The SMILES string of the molecule is CC(=NNC(=O)c1ccccc1O)c1ccc(NC(=O)CON=Cc2ccccc2)cc1. The number of carbonyl (C=O) groups excluding carboxylic acids is 2. The first-order valence-corrected chi connectivity index (χ1v) is 9.76. The predicted molar refractivity (Wildman–Crippen MR) is 123 cm³/mol. The molecule has 0 aromatic heterocycles. The number of nitrogens with zero attached hydrogens (tertiary/aromatic N) is 2. The van der Waals surface area contributed by atoms with Gasteiger partial charge < -0.3 is 15.3 Å². The number of nitrogens with one attached hydrogen (secondary N) is 2. The van der Waals surface area contributed by atoms with Crippen LogP contribution in [0.1, 0.15) is 28.4 Å². The van der Waals surface area contributed by atoms with Crippen molar-refractivity contribution < 1.29 is 19.5 Å². The number of phenols is 1. The maximum Gasteiger partial charge on any atom is 0.275 e. The van der Waals surface area contributed by atoms with E-state index in [0.29, 0.717) is 11.4 Å². The third-order valence-corrected chi connectivity index (χ3v) is 4.33. The summed E-state index contributed by atoms with van der Waals surface area (Å²) in [5.41, 5.74) is 5.32. The topological polar surface area (TPSA) is 112 Å². The molecule has 0 aliphatic rings. The summed E-state index contributed by atoms with van der Waals surface area (Å²) in [5, 5.41) is 20.3. The van der Waals surface area contributed by atoms with Crippen LogP contribution >= 0.6 is 0 Å². The standard InChI is InChI=1S/C24H22N4O4/c1-17(27-28-24(31)21-9-5-6-10-22(21)29)19-11-13-20(14-12-19)26-23(30)16-32-25-15-18-7-3-2-4-8-18/h2-15,29H,16H2,1H3,(H,26,30)(H,28,31). The molecule has 162 valence electrons. The number of hydrogen-bond donors (Lipinski definition) is 3. The van der Waals surface area contributed by atoms with Gasteiger partial charge in [0.15, 0.2) is 6.61 Å². The summed E-state index contributed by atoms with van der Waals surface area (Å²) < 4.78 is 0. The van der Waals surface area contributed by atoms with E-state index in [9.17, 15) is 14.7 Å². The van der Waals surface area contributed by atoms with E-state index >= 15 is 0 Å². The van der Waals surface area contributed by atoms with Gasteiger partial charge in [0, 0.05) is 5.69 Å². The highest BCUT2D eigenvalue weighted by atomic mass is 16.6. The van der Waals surface area contributed by atoms with Crippen molar-refractivity contribution >= 4 is 29.4 Å². The van der Waals surface area contributed by atoms with Crippen molar-refractivity contribution in [3.63, 3.8) is 0 Å². The first-order chi connectivity index (χ1) is 15.5. The van der Waals surface area contributed by atoms with Gasteiger partial charge in [0.2, 0.25) is 0 Å². The van der Waals surface area contributed by atoms with Gasteiger partial charge in [0.05, 0.1) is 17.5 Å². The van der Waals surface area contributed by atoms with Gasteiger partial charge >= 0.3 is 0 Å². The van der Waals surface area contributed by atoms with Crippen LogP contribution in [0.3, 0.4) is 0 Å². The molecule has 3 rings (SSSR count). The van der Waals surface area contributed by atoms with Crippen molar-refractivity contribution in [2.24, 2.45) is 10.3 Å². The van der Waals surface area contributed by atoms with Crippen LogP contribution in [0.5, 0.6) is 5.75 Å². The number of hydrazone groups is 1. The number of amides is 2. The zero-order valence-electron chi connectivity index (χ0n) is 17.4. The molecule has 0 bridgehead atoms. The summed E-state index contributed by atoms with van der Waals surface area (Å²) in [4.78, 5) is 29.1. The molecule has 0 aliphatic heterocycles. The number of oxime groups is 1. The molecule has 0 saturated carbocycles. The van der Waals surface area contributed by atoms with Crippen molar-refractivity contribution in [3.05, 3.63) is 95.6 Å². The first kappa shape index (κ1) is 22.2. The second-order valence-corrected chi connectivity index (χ2v) is 6.70. The lowest BCUT2D eigenvalue weighted by Gasteiger charge is -2.07. The summed E-state index contributed by atoms with van der Waals surface area (Å²) in [7, 11) is 0. The summed E-state index contributed by atoms with van der Waals surface area (Å²) in [6, 6.07) is 22.6. The van der Waals surface area contributed by atoms with Crippen LogP contribution in [0.4, 0.5) is 5.69 Å². The van der Waals surface area contributed by atoms with Crippen LogP contribution in [0.2, 0.25) is 0 Å². The van der Waals surface area contributed by atoms with E-state index in [4.69, 9.17) is 4.84 Å². The van der Waals surface area contributed by atoms with Gasteiger partial charge in [-0.05, 0) is 42.3 Å². The molecule has 0 spiro atoms. The molecular formula is C24H22N4O4. The summed E-state index contributed by atoms with van der Waals surface area (Å²) >= 11 is 0. The van der Waals surface area contributed by atoms with Gasteiger partial charge in [-0.3, -0.25) is 9.59 Å². The molecule has 0 saturated heterocycles. The van der Waals surface area contributed by atoms with Crippen LogP contribution in [0, 0.1) is 0 Å². The van der Waals surface area contributed by atoms with Crippen molar-refractivity contribution in [3.8, 4) is 5.75 Å². The summed E-state index contributed by atoms with van der Waals surface area (Å²) in [6.07, 6.45) is 1.53. The second-order valence-electron chi connectivity index (χ2n) is 6.70. The Bertz CT molecular complexity index is 1130. The highest BCUT2D eigenvalue weighted by Gasteiger charge is 2.09. The predicted octanol–water partition coefficient (Wildman–Crippen LogP) is 3.54. The number of carbonyl (C=O) groups is 2. The van der Waals surface area contributed by atoms with Gasteiger partial charge in [-0.2, -0.15) is 5.10 Å². The largest absolute Gasteiger partial charge is 0.507 e. The van der Waals surface area contributed by atoms with E-state index in [-0.39, 0.29) is 23.8 Å². The summed E-state index contributed by atoms with van der Waals surface area (Å²) in [5.74, 6) is -0.975. The molecule has 8 nitrogen and oxygen atoms in total. The lowest BCUT2D eigenvalue weighted by Crippen LogP contribution is -2.19. The minimum atomic E-state index is -0.513. The molecule has 3 aromatic rings. The fourth-order valence-electron chi connectivity index (χ4n) is 2.65. The molecule has 3 N–H and O–H groups in total. The highest BCUT2D eigenvalue weighted by molar-refractivity contribution is 6.02. The van der Waals surface area contributed by atoms with Gasteiger partial charge in [0.1, 0.15) is 5.75 Å². The third kappa shape index (κ3) is 6.53. The minimum absolute atomic E-state index is 0.118. The Labute approximate surface area is 185 Å². The highest BCUT2D eigenvalue weighted by Crippen LogP contribution is 2.15. The Morgan fingerprint density at radius 1 is 0.969 bits per heavy atom. The fraction of sp³-hybridized carbons (Fsp3) is 0.0833. The normalized spacial score (nSPS) is 11.2. The molecule has 32 heavy (non-hydrogen) atoms. The zero-order chi connectivity index (χ0) is 22.8. The Kier molecular flexibility index (Phi) is 7.69. The summed E-state index contributed by atoms with van der Waals surface area (Å²) in [6.45, 7) is 1.52. The molecule has 0 unspecified atom stereocenters. The Morgan fingerprint density at radius 3 is 2.38 bits per heavy atom. The van der Waals surface area contributed by atoms with Gasteiger partial charge in [0.25, 0.3) is 11.8 Å². The molecule has 0 radical (unpaired) electrons. The van der Waals surface area contributed by atoms with Crippen LogP contribution < -0.4 is 10.7 Å². The first-order valence-electron chi connectivity index (χ1n) is 9.76. The second kappa shape index (κ2) is 11.1. The number of aromatic hydroxyl groups is 1. The lowest BCUT2D eigenvalue weighted by molar-refractivity contribution is -0.120. The quantitative estimate of drug-likeness (QED) is 0.375. The number of rotatable bonds is 8. The van der Waals surface area contributed by atoms with E-state index in [2.05, 4.69) is 21.0 Å². The molecule has 0 aliphatic carbocycles. The molecular weight excluding hydrogens is 408 g/mol. The van der Waals surface area contributed by atoms with E-state index in [0.717, 1.165) is 11.1 Å².